The van der Waals surface area contributed by atoms with E-state index in [2.05, 4.69) is 61.1 Å². The van der Waals surface area contributed by atoms with Crippen molar-refractivity contribution in [2.45, 2.75) is 6.61 Å². The molecule has 2 nitrogen and oxygen atoms in total. The molecule has 0 aliphatic carbocycles. The lowest BCUT2D eigenvalue weighted by Gasteiger charge is -2.11. The van der Waals surface area contributed by atoms with Crippen molar-refractivity contribution in [3.63, 3.8) is 0 Å². The molecule has 0 unspecified atom stereocenters. The number of carbonyl (C=O) groups excluding carboxylic acids is 1. The van der Waals surface area contributed by atoms with Crippen molar-refractivity contribution >= 4 is 67.4 Å². The van der Waals surface area contributed by atoms with Crippen LogP contribution < -0.4 is 4.74 Å². The first-order chi connectivity index (χ1) is 9.10. The van der Waals surface area contributed by atoms with Gasteiger partial charge in [0.1, 0.15) is 12.4 Å². The van der Waals surface area contributed by atoms with Crippen molar-refractivity contribution in [1.82, 2.24) is 0 Å². The first kappa shape index (κ1) is 15.2. The molecule has 0 amide bonds. The van der Waals surface area contributed by atoms with Crippen molar-refractivity contribution in [3.8, 4) is 5.75 Å². The Kier molecular flexibility index (Phi) is 5.64. The van der Waals surface area contributed by atoms with Gasteiger partial charge in [-0.05, 0) is 75.0 Å². The third-order valence-corrected chi connectivity index (χ3v) is 4.41. The molecule has 0 heterocycles. The molecule has 2 aromatic rings. The van der Waals surface area contributed by atoms with E-state index >= 15 is 0 Å². The minimum absolute atomic E-state index is 0.449. The fraction of sp³-hybridized carbons (Fsp3) is 0.0714. The second-order valence-corrected chi connectivity index (χ2v) is 7.16. The summed E-state index contributed by atoms with van der Waals surface area (Å²) in [4.78, 5) is 11.1. The Morgan fingerprint density at radius 2 is 1.84 bits per heavy atom. The smallest absolute Gasteiger partial charge is 0.153 e. The fourth-order valence-electron chi connectivity index (χ4n) is 1.56. The molecule has 0 spiro atoms. The molecule has 0 saturated carbocycles. The number of carbonyl (C=O) groups is 1. The molecule has 0 atom stereocenters. The number of hydrogen-bond donors (Lipinski definition) is 0. The zero-order valence-corrected chi connectivity index (χ0v) is 15.6. The Morgan fingerprint density at radius 3 is 2.47 bits per heavy atom. The first-order valence-electron chi connectivity index (χ1n) is 5.41. The van der Waals surface area contributed by atoms with Gasteiger partial charge in [-0.15, -0.1) is 0 Å². The van der Waals surface area contributed by atoms with E-state index in [9.17, 15) is 4.79 Å². The van der Waals surface area contributed by atoms with Crippen molar-refractivity contribution in [1.29, 1.82) is 0 Å². The molecule has 0 aliphatic heterocycles. The number of aldehydes is 1. The molecule has 0 aromatic heterocycles. The second-order valence-electron chi connectivity index (χ2n) is 3.84. The summed E-state index contributed by atoms with van der Waals surface area (Å²) in [7, 11) is 0. The van der Waals surface area contributed by atoms with E-state index in [4.69, 9.17) is 4.74 Å². The number of hydrogen-bond acceptors (Lipinski definition) is 2. The third-order valence-electron chi connectivity index (χ3n) is 2.46. The standard InChI is InChI=1S/C14H9BrI2O2/c15-11-3-1-9(2-4-11)8-19-14-10(7-18)5-12(16)6-13(14)17/h1-7H,8H2. The lowest BCUT2D eigenvalue weighted by molar-refractivity contribution is 0.111. The highest BCUT2D eigenvalue weighted by atomic mass is 127. The summed E-state index contributed by atoms with van der Waals surface area (Å²) in [5.41, 5.74) is 1.66. The number of ether oxygens (including phenoxy) is 1. The van der Waals surface area contributed by atoms with E-state index < -0.39 is 0 Å². The van der Waals surface area contributed by atoms with Crippen LogP contribution >= 0.6 is 61.1 Å². The molecule has 5 heteroatoms. The van der Waals surface area contributed by atoms with Gasteiger partial charge in [-0.1, -0.05) is 28.1 Å². The summed E-state index contributed by atoms with van der Waals surface area (Å²) >= 11 is 7.77. The van der Waals surface area contributed by atoms with Gasteiger partial charge in [0, 0.05) is 8.04 Å². The molecular formula is C14H9BrI2O2. The van der Waals surface area contributed by atoms with Crippen LogP contribution in [0.15, 0.2) is 40.9 Å². The van der Waals surface area contributed by atoms with Crippen molar-refractivity contribution < 1.29 is 9.53 Å². The number of halogens is 3. The van der Waals surface area contributed by atoms with Crippen LogP contribution in [0.1, 0.15) is 15.9 Å². The molecule has 98 valence electrons. The SMILES string of the molecule is O=Cc1cc(I)cc(I)c1OCc1ccc(Br)cc1. The monoisotopic (exact) mass is 542 g/mol. The fourth-order valence-corrected chi connectivity index (χ4v) is 3.87. The molecular weight excluding hydrogens is 534 g/mol. The molecule has 0 fully saturated rings. The van der Waals surface area contributed by atoms with Crippen LogP contribution in [-0.2, 0) is 6.61 Å². The summed E-state index contributed by atoms with van der Waals surface area (Å²) in [6, 6.07) is 11.7. The lowest BCUT2D eigenvalue weighted by atomic mass is 10.2. The van der Waals surface area contributed by atoms with Gasteiger partial charge in [-0.3, -0.25) is 4.79 Å². The van der Waals surface area contributed by atoms with Gasteiger partial charge in [0.15, 0.2) is 6.29 Å². The van der Waals surface area contributed by atoms with Crippen LogP contribution in [0, 0.1) is 7.14 Å². The zero-order valence-electron chi connectivity index (χ0n) is 9.70. The molecule has 0 saturated heterocycles. The maximum atomic E-state index is 11.1. The average molecular weight is 543 g/mol. The van der Waals surface area contributed by atoms with Crippen LogP contribution in [0.3, 0.4) is 0 Å². The number of rotatable bonds is 4. The van der Waals surface area contributed by atoms with Crippen LogP contribution in [-0.4, -0.2) is 6.29 Å². The van der Waals surface area contributed by atoms with Crippen molar-refractivity contribution in [2.24, 2.45) is 0 Å². The predicted molar refractivity (Wildman–Crippen MR) is 95.7 cm³/mol. The van der Waals surface area contributed by atoms with Gasteiger partial charge in [0.05, 0.1) is 9.13 Å². The largest absolute Gasteiger partial charge is 0.487 e. The Balaban J connectivity index is 2.19. The third kappa shape index (κ3) is 4.16. The van der Waals surface area contributed by atoms with Crippen LogP contribution in [0.5, 0.6) is 5.75 Å². The maximum Gasteiger partial charge on any atom is 0.153 e. The average Bonchev–Trinajstić information content (AvgIpc) is 2.39. The highest BCUT2D eigenvalue weighted by Crippen LogP contribution is 2.28. The summed E-state index contributed by atoms with van der Waals surface area (Å²) in [5.74, 6) is 0.652. The van der Waals surface area contributed by atoms with Crippen molar-refractivity contribution in [2.75, 3.05) is 0 Å². The van der Waals surface area contributed by atoms with E-state index in [0.29, 0.717) is 17.9 Å². The second kappa shape index (κ2) is 7.03. The van der Waals surface area contributed by atoms with E-state index in [0.717, 1.165) is 23.5 Å². The van der Waals surface area contributed by atoms with Gasteiger partial charge >= 0.3 is 0 Å². The summed E-state index contributed by atoms with van der Waals surface area (Å²) in [5, 5.41) is 0. The van der Waals surface area contributed by atoms with Gasteiger partial charge in [-0.25, -0.2) is 0 Å². The minimum atomic E-state index is 0.449. The van der Waals surface area contributed by atoms with Crippen LogP contribution in [0.2, 0.25) is 0 Å². The highest BCUT2D eigenvalue weighted by molar-refractivity contribution is 14.1. The molecule has 19 heavy (non-hydrogen) atoms. The maximum absolute atomic E-state index is 11.1. The van der Waals surface area contributed by atoms with Crippen LogP contribution in [0.25, 0.3) is 0 Å². The highest BCUT2D eigenvalue weighted by Gasteiger charge is 2.09. The first-order valence-corrected chi connectivity index (χ1v) is 8.36. The Labute approximate surface area is 147 Å². The summed E-state index contributed by atoms with van der Waals surface area (Å²) in [6.07, 6.45) is 0.835. The Morgan fingerprint density at radius 1 is 1.16 bits per heavy atom. The predicted octanol–water partition coefficient (Wildman–Crippen LogP) is 5.05. The van der Waals surface area contributed by atoms with Gasteiger partial charge < -0.3 is 4.74 Å². The lowest BCUT2D eigenvalue weighted by Crippen LogP contribution is -2.01. The Bertz CT molecular complexity index is 597. The van der Waals surface area contributed by atoms with Crippen molar-refractivity contribution in [3.05, 3.63) is 59.1 Å². The number of benzene rings is 2. The van der Waals surface area contributed by atoms with Crippen LogP contribution in [0.4, 0.5) is 0 Å². The van der Waals surface area contributed by atoms with Gasteiger partial charge in [0.25, 0.3) is 0 Å². The molecule has 0 N–H and O–H groups in total. The topological polar surface area (TPSA) is 26.3 Å². The van der Waals surface area contributed by atoms with E-state index in [1.165, 1.54) is 0 Å². The minimum Gasteiger partial charge on any atom is -0.487 e. The molecule has 0 aliphatic rings. The van der Waals surface area contributed by atoms with Gasteiger partial charge in [-0.2, -0.15) is 0 Å². The molecule has 0 radical (unpaired) electrons. The van der Waals surface area contributed by atoms with E-state index in [1.54, 1.807) is 0 Å². The molecule has 0 bridgehead atoms. The summed E-state index contributed by atoms with van der Waals surface area (Å²) in [6.45, 7) is 0.449. The van der Waals surface area contributed by atoms with E-state index in [1.807, 2.05) is 36.4 Å². The normalized spacial score (nSPS) is 10.3. The Hall–Kier alpha value is -0.150. The van der Waals surface area contributed by atoms with E-state index in [-0.39, 0.29) is 0 Å². The zero-order chi connectivity index (χ0) is 13.8. The van der Waals surface area contributed by atoms with Gasteiger partial charge in [0.2, 0.25) is 0 Å². The molecule has 2 aromatic carbocycles. The summed E-state index contributed by atoms with van der Waals surface area (Å²) < 4.78 is 8.79. The quantitative estimate of drug-likeness (QED) is 0.399. The molecule has 2 rings (SSSR count).